The van der Waals surface area contributed by atoms with Crippen molar-refractivity contribution in [3.63, 3.8) is 0 Å². The van der Waals surface area contributed by atoms with Crippen LogP contribution in [0.25, 0.3) is 22.0 Å². The summed E-state index contributed by atoms with van der Waals surface area (Å²) in [6.45, 7) is 2.22. The Morgan fingerprint density at radius 1 is 1.35 bits per heavy atom. The Morgan fingerprint density at radius 3 is 2.81 bits per heavy atom. The SMILES string of the molecule is COc1ccc(-c2nc(-c3cc(C(N)=O)c(C)n3Cc3ccco3)cs2)cc1[N+](=O)[O-]. The molecule has 3 heterocycles. The normalized spacial score (nSPS) is 10.9. The van der Waals surface area contributed by atoms with E-state index in [1.54, 1.807) is 30.5 Å². The van der Waals surface area contributed by atoms with Gasteiger partial charge in [-0.2, -0.15) is 0 Å². The van der Waals surface area contributed by atoms with Gasteiger partial charge in [-0.05, 0) is 37.3 Å². The van der Waals surface area contributed by atoms with Crippen LogP contribution in [0.3, 0.4) is 0 Å². The van der Waals surface area contributed by atoms with Crippen LogP contribution in [0.1, 0.15) is 21.8 Å². The fraction of sp³-hybridized carbons (Fsp3) is 0.143. The first-order valence-electron chi connectivity index (χ1n) is 9.20. The predicted molar refractivity (Wildman–Crippen MR) is 115 cm³/mol. The highest BCUT2D eigenvalue weighted by Crippen LogP contribution is 2.36. The van der Waals surface area contributed by atoms with Crippen LogP contribution in [0.2, 0.25) is 0 Å². The van der Waals surface area contributed by atoms with Gasteiger partial charge in [-0.3, -0.25) is 14.9 Å². The van der Waals surface area contributed by atoms with Crippen molar-refractivity contribution in [1.29, 1.82) is 0 Å². The van der Waals surface area contributed by atoms with Crippen LogP contribution in [-0.2, 0) is 6.54 Å². The Morgan fingerprint density at radius 2 is 2.16 bits per heavy atom. The minimum Gasteiger partial charge on any atom is -0.490 e. The number of rotatable bonds is 7. The third-order valence-electron chi connectivity index (χ3n) is 4.92. The number of nitro benzene ring substituents is 1. The Balaban J connectivity index is 1.77. The highest BCUT2D eigenvalue weighted by molar-refractivity contribution is 7.13. The largest absolute Gasteiger partial charge is 0.490 e. The van der Waals surface area contributed by atoms with Gasteiger partial charge in [0.15, 0.2) is 5.75 Å². The molecule has 0 aliphatic heterocycles. The quantitative estimate of drug-likeness (QED) is 0.340. The van der Waals surface area contributed by atoms with Crippen LogP contribution in [0.5, 0.6) is 5.75 Å². The standard InChI is InChI=1S/C21H18N4O5S/c1-12-15(20(22)26)9-17(24(12)10-14-4-3-7-30-14)16-11-31-21(23-16)13-5-6-19(29-2)18(8-13)25(27)28/h3-9,11H,10H2,1-2H3,(H2,22,26). The van der Waals surface area contributed by atoms with Crippen molar-refractivity contribution in [2.45, 2.75) is 13.5 Å². The van der Waals surface area contributed by atoms with Crippen LogP contribution >= 0.6 is 11.3 Å². The number of methoxy groups -OCH3 is 1. The molecule has 0 fully saturated rings. The van der Waals surface area contributed by atoms with Gasteiger partial charge in [0.05, 0.1) is 41.8 Å². The first-order valence-corrected chi connectivity index (χ1v) is 10.1. The van der Waals surface area contributed by atoms with Gasteiger partial charge in [0.2, 0.25) is 0 Å². The highest BCUT2D eigenvalue weighted by atomic mass is 32.1. The van der Waals surface area contributed by atoms with Crippen molar-refractivity contribution < 1.29 is 18.9 Å². The molecule has 31 heavy (non-hydrogen) atoms. The lowest BCUT2D eigenvalue weighted by Crippen LogP contribution is -2.12. The van der Waals surface area contributed by atoms with Gasteiger partial charge in [0.25, 0.3) is 5.91 Å². The fourth-order valence-corrected chi connectivity index (χ4v) is 4.17. The molecule has 3 aromatic heterocycles. The van der Waals surface area contributed by atoms with Crippen molar-refractivity contribution in [3.05, 3.63) is 75.2 Å². The Kier molecular flexibility index (Phi) is 5.30. The first kappa shape index (κ1) is 20.4. The van der Waals surface area contributed by atoms with Gasteiger partial charge >= 0.3 is 5.69 Å². The van der Waals surface area contributed by atoms with E-state index in [1.807, 2.05) is 22.9 Å². The number of nitro groups is 1. The van der Waals surface area contributed by atoms with Crippen LogP contribution in [0, 0.1) is 17.0 Å². The summed E-state index contributed by atoms with van der Waals surface area (Å²) in [6.07, 6.45) is 1.58. The molecule has 1 aromatic carbocycles. The summed E-state index contributed by atoms with van der Waals surface area (Å²) < 4.78 is 12.4. The summed E-state index contributed by atoms with van der Waals surface area (Å²) >= 11 is 1.34. The van der Waals surface area contributed by atoms with Crippen LogP contribution < -0.4 is 10.5 Å². The highest BCUT2D eigenvalue weighted by Gasteiger charge is 2.21. The number of aromatic nitrogens is 2. The maximum Gasteiger partial charge on any atom is 0.311 e. The predicted octanol–water partition coefficient (Wildman–Crippen LogP) is 4.24. The third-order valence-corrected chi connectivity index (χ3v) is 5.81. The number of carbonyl (C=O) groups excluding carboxylic acids is 1. The molecule has 10 heteroatoms. The van der Waals surface area contributed by atoms with Crippen molar-refractivity contribution in [2.75, 3.05) is 7.11 Å². The lowest BCUT2D eigenvalue weighted by atomic mass is 10.2. The molecule has 158 valence electrons. The molecule has 0 radical (unpaired) electrons. The van der Waals surface area contributed by atoms with Gasteiger partial charge in [-0.15, -0.1) is 11.3 Å². The number of nitrogens with two attached hydrogens (primary N) is 1. The fourth-order valence-electron chi connectivity index (χ4n) is 3.36. The summed E-state index contributed by atoms with van der Waals surface area (Å²) in [6, 6.07) is 10.0. The van der Waals surface area contributed by atoms with Crippen molar-refractivity contribution in [3.8, 4) is 27.7 Å². The number of benzene rings is 1. The minimum atomic E-state index is -0.529. The summed E-state index contributed by atoms with van der Waals surface area (Å²) in [7, 11) is 1.38. The zero-order chi connectivity index (χ0) is 22.1. The van der Waals surface area contributed by atoms with Gasteiger partial charge in [-0.25, -0.2) is 4.98 Å². The summed E-state index contributed by atoms with van der Waals surface area (Å²) in [5.74, 6) is 0.370. The second-order valence-electron chi connectivity index (χ2n) is 6.74. The van der Waals surface area contributed by atoms with Gasteiger partial charge in [0, 0.05) is 22.7 Å². The van der Waals surface area contributed by atoms with Crippen molar-refractivity contribution in [2.24, 2.45) is 5.73 Å². The molecule has 4 rings (SSSR count). The molecular weight excluding hydrogens is 420 g/mol. The number of nitrogens with zero attached hydrogens (tertiary/aromatic N) is 3. The summed E-state index contributed by atoms with van der Waals surface area (Å²) in [5, 5.41) is 13.8. The van der Waals surface area contributed by atoms with E-state index >= 15 is 0 Å². The number of furan rings is 1. The number of primary amides is 1. The second kappa shape index (κ2) is 8.07. The monoisotopic (exact) mass is 438 g/mol. The number of hydrogen-bond acceptors (Lipinski definition) is 7. The van der Waals surface area contributed by atoms with E-state index in [4.69, 9.17) is 14.9 Å². The number of hydrogen-bond donors (Lipinski definition) is 1. The summed E-state index contributed by atoms with van der Waals surface area (Å²) in [4.78, 5) is 27.4. The molecule has 0 bridgehead atoms. The number of ether oxygens (including phenoxy) is 1. The lowest BCUT2D eigenvalue weighted by molar-refractivity contribution is -0.385. The number of thiazole rings is 1. The van der Waals surface area contributed by atoms with Gasteiger partial charge < -0.3 is 19.5 Å². The number of carbonyl (C=O) groups is 1. The summed E-state index contributed by atoms with van der Waals surface area (Å²) in [5.41, 5.74) is 8.44. The van der Waals surface area contributed by atoms with E-state index in [0.717, 1.165) is 5.76 Å². The van der Waals surface area contributed by atoms with E-state index in [-0.39, 0.29) is 11.4 Å². The zero-order valence-corrected chi connectivity index (χ0v) is 17.5. The number of amides is 1. The van der Waals surface area contributed by atoms with E-state index in [0.29, 0.717) is 39.8 Å². The molecule has 4 aromatic rings. The van der Waals surface area contributed by atoms with E-state index in [2.05, 4.69) is 4.98 Å². The Bertz CT molecular complexity index is 1270. The van der Waals surface area contributed by atoms with Crippen LogP contribution in [-0.4, -0.2) is 27.5 Å². The molecule has 0 unspecified atom stereocenters. The zero-order valence-electron chi connectivity index (χ0n) is 16.7. The minimum absolute atomic E-state index is 0.134. The van der Waals surface area contributed by atoms with E-state index in [1.165, 1.54) is 24.5 Å². The molecular formula is C21H18N4O5S. The smallest absolute Gasteiger partial charge is 0.311 e. The maximum atomic E-state index is 11.9. The topological polar surface area (TPSA) is 126 Å². The molecule has 0 aliphatic rings. The maximum absolute atomic E-state index is 11.9. The average Bonchev–Trinajstić information content (AvgIpc) is 3.49. The second-order valence-corrected chi connectivity index (χ2v) is 7.60. The Hall–Kier alpha value is -3.92. The van der Waals surface area contributed by atoms with E-state index in [9.17, 15) is 14.9 Å². The molecule has 0 spiro atoms. The molecule has 0 aliphatic carbocycles. The van der Waals surface area contributed by atoms with Crippen molar-refractivity contribution >= 4 is 22.9 Å². The molecule has 1 amide bonds. The lowest BCUT2D eigenvalue weighted by Gasteiger charge is -2.09. The van der Waals surface area contributed by atoms with Gasteiger partial charge in [-0.1, -0.05) is 0 Å². The first-order chi connectivity index (χ1) is 14.9. The molecule has 2 N–H and O–H groups in total. The Labute approximate surface area is 180 Å². The average molecular weight is 438 g/mol. The van der Waals surface area contributed by atoms with Crippen molar-refractivity contribution in [1.82, 2.24) is 9.55 Å². The third kappa shape index (κ3) is 3.80. The van der Waals surface area contributed by atoms with Gasteiger partial charge in [0.1, 0.15) is 10.8 Å². The molecule has 9 nitrogen and oxygen atoms in total. The molecule has 0 atom stereocenters. The van der Waals surface area contributed by atoms with E-state index < -0.39 is 10.8 Å². The van der Waals surface area contributed by atoms with Crippen LogP contribution in [0.4, 0.5) is 5.69 Å². The molecule has 0 saturated heterocycles. The molecule has 0 saturated carbocycles. The van der Waals surface area contributed by atoms with Crippen LogP contribution in [0.15, 0.2) is 52.5 Å².